The molecule has 0 bridgehead atoms. The summed E-state index contributed by atoms with van der Waals surface area (Å²) < 4.78 is 5.81. The van der Waals surface area contributed by atoms with Crippen LogP contribution in [0.5, 0.6) is 5.75 Å². The third kappa shape index (κ3) is 3.12. The van der Waals surface area contributed by atoms with Crippen LogP contribution in [0.4, 0.5) is 0 Å². The number of benzene rings is 2. The molecular weight excluding hydrogens is 266 g/mol. The molecule has 2 aromatic rings. The Morgan fingerprint density at radius 3 is 2.52 bits per heavy atom. The maximum Gasteiger partial charge on any atom is 0.168 e. The lowest BCUT2D eigenvalue weighted by Crippen LogP contribution is -2.30. The van der Waals surface area contributed by atoms with Gasteiger partial charge < -0.3 is 9.84 Å². The van der Waals surface area contributed by atoms with Crippen molar-refractivity contribution >= 4 is 6.29 Å². The number of hydrogen-bond donors (Lipinski definition) is 1. The summed E-state index contributed by atoms with van der Waals surface area (Å²) in [5.74, 6) is 0.241. The summed E-state index contributed by atoms with van der Waals surface area (Å²) in [4.78, 5) is 13.2. The number of nitrogens with zero attached hydrogens (tertiary/aromatic N) is 1. The lowest BCUT2D eigenvalue weighted by atomic mass is 10.1. The highest BCUT2D eigenvalue weighted by Crippen LogP contribution is 2.29. The van der Waals surface area contributed by atoms with Crippen molar-refractivity contribution in [3.63, 3.8) is 0 Å². The van der Waals surface area contributed by atoms with E-state index < -0.39 is 6.23 Å². The molecule has 1 unspecified atom stereocenters. The molecule has 0 aromatic heterocycles. The zero-order chi connectivity index (χ0) is 14.7. The molecule has 1 heterocycles. The molecule has 3 rings (SSSR count). The maximum atomic E-state index is 11.2. The summed E-state index contributed by atoms with van der Waals surface area (Å²) in [6, 6.07) is 16.9. The lowest BCUT2D eigenvalue weighted by molar-refractivity contribution is -0.123. The van der Waals surface area contributed by atoms with Gasteiger partial charge >= 0.3 is 0 Å². The summed E-state index contributed by atoms with van der Waals surface area (Å²) in [7, 11) is 0. The van der Waals surface area contributed by atoms with Crippen LogP contribution in [0.1, 0.15) is 17.2 Å². The van der Waals surface area contributed by atoms with E-state index in [0.717, 1.165) is 17.4 Å². The molecule has 1 aliphatic heterocycles. The molecule has 108 valence electrons. The van der Waals surface area contributed by atoms with Crippen molar-refractivity contribution in [1.82, 2.24) is 4.90 Å². The number of carbonyl (C=O) groups excluding carboxylic acids is 1. The first kappa shape index (κ1) is 13.8. The van der Waals surface area contributed by atoms with Gasteiger partial charge in [0.05, 0.1) is 6.10 Å². The van der Waals surface area contributed by atoms with E-state index in [1.165, 1.54) is 0 Å². The highest BCUT2D eigenvalue weighted by atomic mass is 16.5. The Balaban J connectivity index is 1.73. The largest absolute Gasteiger partial charge is 0.508 e. The molecule has 1 saturated heterocycles. The zero-order valence-corrected chi connectivity index (χ0v) is 11.6. The van der Waals surface area contributed by atoms with E-state index in [1.807, 2.05) is 47.4 Å². The van der Waals surface area contributed by atoms with Crippen molar-refractivity contribution in [2.24, 2.45) is 0 Å². The number of carbonyl (C=O) groups is 1. The number of aldehydes is 1. The Morgan fingerprint density at radius 2 is 1.86 bits per heavy atom. The van der Waals surface area contributed by atoms with Gasteiger partial charge in [-0.15, -0.1) is 0 Å². The van der Waals surface area contributed by atoms with Gasteiger partial charge in [0, 0.05) is 13.1 Å². The van der Waals surface area contributed by atoms with E-state index in [9.17, 15) is 9.90 Å². The number of phenolic OH excluding ortho intramolecular Hbond substituents is 1. The molecule has 1 N–H and O–H groups in total. The highest BCUT2D eigenvalue weighted by molar-refractivity contribution is 5.56. The van der Waals surface area contributed by atoms with Crippen molar-refractivity contribution < 1.29 is 14.6 Å². The molecule has 0 spiro atoms. The Kier molecular flexibility index (Phi) is 3.99. The third-order valence-electron chi connectivity index (χ3n) is 3.67. The minimum atomic E-state index is -0.524. The van der Waals surface area contributed by atoms with Crippen molar-refractivity contribution in [1.29, 1.82) is 0 Å². The second kappa shape index (κ2) is 6.08. The maximum absolute atomic E-state index is 11.2. The van der Waals surface area contributed by atoms with Gasteiger partial charge in [0.1, 0.15) is 5.75 Å². The molecule has 0 saturated carbocycles. The van der Waals surface area contributed by atoms with Gasteiger partial charge in [0.15, 0.2) is 12.5 Å². The second-order valence-electron chi connectivity index (χ2n) is 5.16. The van der Waals surface area contributed by atoms with E-state index in [1.54, 1.807) is 12.1 Å². The molecule has 0 radical (unpaired) electrons. The van der Waals surface area contributed by atoms with E-state index in [-0.39, 0.29) is 11.9 Å². The first-order chi connectivity index (χ1) is 10.3. The minimum Gasteiger partial charge on any atom is -0.508 e. The average molecular weight is 283 g/mol. The number of hydrogen-bond acceptors (Lipinski definition) is 4. The third-order valence-corrected chi connectivity index (χ3v) is 3.67. The summed E-state index contributed by atoms with van der Waals surface area (Å²) in [6.45, 7) is 1.29. The second-order valence-corrected chi connectivity index (χ2v) is 5.16. The van der Waals surface area contributed by atoms with Crippen LogP contribution in [0.15, 0.2) is 54.6 Å². The summed E-state index contributed by atoms with van der Waals surface area (Å²) in [5.41, 5.74) is 2.12. The van der Waals surface area contributed by atoms with Gasteiger partial charge in [-0.05, 0) is 23.3 Å². The van der Waals surface area contributed by atoms with E-state index in [2.05, 4.69) is 0 Å². The molecule has 0 aliphatic carbocycles. The van der Waals surface area contributed by atoms with Crippen molar-refractivity contribution in [3.05, 3.63) is 65.7 Å². The summed E-state index contributed by atoms with van der Waals surface area (Å²) in [5, 5.41) is 9.31. The van der Waals surface area contributed by atoms with Crippen LogP contribution in [-0.4, -0.2) is 29.1 Å². The average Bonchev–Trinajstić information content (AvgIpc) is 2.93. The molecule has 2 atom stereocenters. The Bertz CT molecular complexity index is 597. The van der Waals surface area contributed by atoms with E-state index >= 15 is 0 Å². The van der Waals surface area contributed by atoms with Crippen LogP contribution in [-0.2, 0) is 16.1 Å². The van der Waals surface area contributed by atoms with Crippen molar-refractivity contribution in [2.75, 3.05) is 6.54 Å². The standard InChI is InChI=1S/C17H17NO3/c19-12-17-18(10-13-6-8-15(20)9-7-13)11-16(21-17)14-4-2-1-3-5-14/h1-9,12,16-17,20H,10-11H2/t16-,17?/m0/s1. The van der Waals surface area contributed by atoms with Crippen LogP contribution in [0.2, 0.25) is 0 Å². The monoisotopic (exact) mass is 283 g/mol. The molecule has 4 heteroatoms. The molecular formula is C17H17NO3. The summed E-state index contributed by atoms with van der Waals surface area (Å²) >= 11 is 0. The molecule has 1 fully saturated rings. The SMILES string of the molecule is O=CC1O[C@H](c2ccccc2)CN1Cc1ccc(O)cc1. The van der Waals surface area contributed by atoms with Crippen molar-refractivity contribution in [2.45, 2.75) is 18.9 Å². The number of ether oxygens (including phenoxy) is 1. The van der Waals surface area contributed by atoms with Gasteiger partial charge in [-0.2, -0.15) is 0 Å². The number of rotatable bonds is 4. The van der Waals surface area contributed by atoms with Gasteiger partial charge in [0.2, 0.25) is 0 Å². The first-order valence-electron chi connectivity index (χ1n) is 6.94. The quantitative estimate of drug-likeness (QED) is 0.876. The topological polar surface area (TPSA) is 49.8 Å². The van der Waals surface area contributed by atoms with Crippen LogP contribution in [0.3, 0.4) is 0 Å². The van der Waals surface area contributed by atoms with Crippen LogP contribution in [0.25, 0.3) is 0 Å². The van der Waals surface area contributed by atoms with Crippen molar-refractivity contribution in [3.8, 4) is 5.75 Å². The minimum absolute atomic E-state index is 0.0847. The Hall–Kier alpha value is -2.17. The summed E-state index contributed by atoms with van der Waals surface area (Å²) in [6.07, 6.45) is 0.228. The molecule has 2 aromatic carbocycles. The smallest absolute Gasteiger partial charge is 0.168 e. The lowest BCUT2D eigenvalue weighted by Gasteiger charge is -2.17. The highest BCUT2D eigenvalue weighted by Gasteiger charge is 2.33. The van der Waals surface area contributed by atoms with Crippen LogP contribution < -0.4 is 0 Å². The zero-order valence-electron chi connectivity index (χ0n) is 11.6. The number of aromatic hydroxyl groups is 1. The van der Waals surface area contributed by atoms with Gasteiger partial charge in [-0.3, -0.25) is 9.69 Å². The predicted octanol–water partition coefficient (Wildman–Crippen LogP) is 2.49. The van der Waals surface area contributed by atoms with E-state index in [4.69, 9.17) is 4.74 Å². The first-order valence-corrected chi connectivity index (χ1v) is 6.94. The van der Waals surface area contributed by atoms with Gasteiger partial charge in [-0.1, -0.05) is 42.5 Å². The van der Waals surface area contributed by atoms with Gasteiger partial charge in [0.25, 0.3) is 0 Å². The Labute approximate surface area is 123 Å². The predicted molar refractivity (Wildman–Crippen MR) is 78.6 cm³/mol. The fourth-order valence-corrected chi connectivity index (χ4v) is 2.57. The normalized spacial score (nSPS) is 22.3. The molecule has 21 heavy (non-hydrogen) atoms. The molecule has 0 amide bonds. The van der Waals surface area contributed by atoms with Gasteiger partial charge in [-0.25, -0.2) is 0 Å². The molecule has 4 nitrogen and oxygen atoms in total. The fourth-order valence-electron chi connectivity index (χ4n) is 2.57. The number of phenols is 1. The van der Waals surface area contributed by atoms with E-state index in [0.29, 0.717) is 13.1 Å². The fraction of sp³-hybridized carbons (Fsp3) is 0.235. The van der Waals surface area contributed by atoms with Crippen LogP contribution >= 0.6 is 0 Å². The molecule has 1 aliphatic rings. The Morgan fingerprint density at radius 1 is 1.14 bits per heavy atom. The van der Waals surface area contributed by atoms with Crippen LogP contribution in [0, 0.1) is 0 Å².